The van der Waals surface area contributed by atoms with Crippen LogP contribution in [-0.2, 0) is 0 Å². The molecule has 1 aromatic heterocycles. The van der Waals surface area contributed by atoms with Crippen molar-refractivity contribution >= 4 is 5.91 Å². The highest BCUT2D eigenvalue weighted by Crippen LogP contribution is 2.35. The van der Waals surface area contributed by atoms with Gasteiger partial charge in [0.2, 0.25) is 0 Å². The van der Waals surface area contributed by atoms with Gasteiger partial charge in [-0.2, -0.15) is 22.7 Å². The van der Waals surface area contributed by atoms with E-state index in [1.165, 1.54) is 23.1 Å². The predicted octanol–water partition coefficient (Wildman–Crippen LogP) is 3.33. The van der Waals surface area contributed by atoms with E-state index in [9.17, 15) is 22.4 Å². The van der Waals surface area contributed by atoms with Crippen molar-refractivity contribution in [3.63, 3.8) is 0 Å². The molecule has 1 aliphatic heterocycles. The van der Waals surface area contributed by atoms with E-state index in [1.54, 1.807) is 6.92 Å². The Morgan fingerprint density at radius 1 is 1.38 bits per heavy atom. The number of benzene rings is 1. The van der Waals surface area contributed by atoms with Gasteiger partial charge in [-0.1, -0.05) is 12.1 Å². The molecule has 1 aromatic carbocycles. The number of para-hydroxylation sites is 1. The average Bonchev–Trinajstić information content (AvgIpc) is 3.22. The minimum Gasteiger partial charge on any atom is -0.427 e. The lowest BCUT2D eigenvalue weighted by Gasteiger charge is -2.24. The van der Waals surface area contributed by atoms with Gasteiger partial charge in [0.15, 0.2) is 5.82 Å². The number of hydrogen-bond donors (Lipinski definition) is 1. The number of aromatic amines is 1. The number of carbonyl (C=O) groups is 1. The summed E-state index contributed by atoms with van der Waals surface area (Å²) >= 11 is 0. The Hall–Kier alpha value is -2.65. The summed E-state index contributed by atoms with van der Waals surface area (Å²) in [5, 5.41) is 6.74. The fourth-order valence-corrected chi connectivity index (χ4v) is 2.87. The number of alkyl halides is 4. The highest BCUT2D eigenvalue weighted by molar-refractivity contribution is 5.97. The molecule has 0 radical (unpaired) electrons. The molecule has 0 saturated carbocycles. The highest BCUT2D eigenvalue weighted by atomic mass is 19.3. The largest absolute Gasteiger partial charge is 0.461 e. The molecule has 1 fully saturated rings. The van der Waals surface area contributed by atoms with Crippen LogP contribution >= 0.6 is 0 Å². The van der Waals surface area contributed by atoms with E-state index in [0.717, 1.165) is 6.07 Å². The molecule has 0 aliphatic carbocycles. The van der Waals surface area contributed by atoms with Crippen LogP contribution in [0.5, 0.6) is 5.75 Å². The van der Waals surface area contributed by atoms with Gasteiger partial charge in [0.25, 0.3) is 5.91 Å². The van der Waals surface area contributed by atoms with Gasteiger partial charge in [0.05, 0.1) is 11.6 Å². The van der Waals surface area contributed by atoms with Crippen molar-refractivity contribution < 1.29 is 27.1 Å². The molecule has 0 bridgehead atoms. The number of aromatic nitrogens is 3. The molecule has 26 heavy (non-hydrogen) atoms. The molecule has 3 rings (SSSR count). The summed E-state index contributed by atoms with van der Waals surface area (Å²) in [6.07, 6.45) is -7.41. The molecular weight excluding hydrogens is 356 g/mol. The molecule has 1 saturated heterocycles. The molecule has 1 atom stereocenters. The minimum absolute atomic E-state index is 0.216. The van der Waals surface area contributed by atoms with Gasteiger partial charge in [-0.3, -0.25) is 9.89 Å². The SMILES string of the molecule is Cc1nc([C@H]2CCCN2C(=O)c2ccccc2OC(F)(F)C(F)F)n[nH]1. The summed E-state index contributed by atoms with van der Waals surface area (Å²) < 4.78 is 55.6. The topological polar surface area (TPSA) is 71.1 Å². The van der Waals surface area contributed by atoms with E-state index in [2.05, 4.69) is 19.9 Å². The first kappa shape index (κ1) is 18.2. The maximum absolute atomic E-state index is 13.3. The number of carbonyl (C=O) groups excluding carboxylic acids is 1. The quantitative estimate of drug-likeness (QED) is 0.818. The van der Waals surface area contributed by atoms with E-state index in [0.29, 0.717) is 31.0 Å². The molecule has 1 aliphatic rings. The second-order valence-electron chi connectivity index (χ2n) is 5.90. The molecular formula is C16H16F4N4O2. The Morgan fingerprint density at radius 2 is 2.12 bits per heavy atom. The van der Waals surface area contributed by atoms with Crippen molar-refractivity contribution in [1.29, 1.82) is 0 Å². The minimum atomic E-state index is -4.69. The van der Waals surface area contributed by atoms with Crippen LogP contribution in [0.1, 0.15) is 40.9 Å². The highest BCUT2D eigenvalue weighted by Gasteiger charge is 2.45. The van der Waals surface area contributed by atoms with Crippen LogP contribution in [0.3, 0.4) is 0 Å². The average molecular weight is 372 g/mol. The number of aryl methyl sites for hydroxylation is 1. The summed E-state index contributed by atoms with van der Waals surface area (Å²) in [7, 11) is 0. The molecule has 0 spiro atoms. The van der Waals surface area contributed by atoms with Crippen molar-refractivity contribution in [1.82, 2.24) is 20.1 Å². The second kappa shape index (κ2) is 6.93. The van der Waals surface area contributed by atoms with E-state index in [-0.39, 0.29) is 5.56 Å². The number of likely N-dealkylation sites (tertiary alicyclic amines) is 1. The van der Waals surface area contributed by atoms with E-state index in [1.807, 2.05) is 0 Å². The summed E-state index contributed by atoms with van der Waals surface area (Å²) in [5.74, 6) is -0.195. The van der Waals surface area contributed by atoms with Crippen LogP contribution in [0, 0.1) is 6.92 Å². The van der Waals surface area contributed by atoms with Gasteiger partial charge in [-0.05, 0) is 31.9 Å². The number of hydrogen-bond acceptors (Lipinski definition) is 4. The van der Waals surface area contributed by atoms with Crippen molar-refractivity contribution in [2.45, 2.75) is 38.3 Å². The molecule has 6 nitrogen and oxygen atoms in total. The standard InChI is InChI=1S/C16H16F4N4O2/c1-9-21-13(23-22-9)11-6-4-8-24(11)14(25)10-5-2-3-7-12(10)26-16(19,20)15(17)18/h2-3,5,7,11,15H,4,6,8H2,1H3,(H,21,22,23)/t11-/m1/s1. The zero-order valence-electron chi connectivity index (χ0n) is 13.8. The molecule has 2 aromatic rings. The van der Waals surface area contributed by atoms with Crippen LogP contribution in [0.2, 0.25) is 0 Å². The number of amides is 1. The van der Waals surface area contributed by atoms with E-state index >= 15 is 0 Å². The van der Waals surface area contributed by atoms with Crippen LogP contribution in [0.4, 0.5) is 17.6 Å². The van der Waals surface area contributed by atoms with Gasteiger partial charge >= 0.3 is 12.5 Å². The maximum Gasteiger partial charge on any atom is 0.461 e. The molecule has 10 heteroatoms. The Kier molecular flexibility index (Phi) is 4.84. The summed E-state index contributed by atoms with van der Waals surface area (Å²) in [4.78, 5) is 18.5. The van der Waals surface area contributed by atoms with Crippen LogP contribution in [0.25, 0.3) is 0 Å². The normalized spacial score (nSPS) is 17.8. The monoisotopic (exact) mass is 372 g/mol. The Balaban J connectivity index is 1.88. The number of nitrogens with zero attached hydrogens (tertiary/aromatic N) is 3. The number of halogens is 4. The Morgan fingerprint density at radius 3 is 2.77 bits per heavy atom. The smallest absolute Gasteiger partial charge is 0.427 e. The predicted molar refractivity (Wildman–Crippen MR) is 82.2 cm³/mol. The van der Waals surface area contributed by atoms with Crippen LogP contribution in [-0.4, -0.2) is 45.1 Å². The maximum atomic E-state index is 13.3. The first-order valence-electron chi connectivity index (χ1n) is 7.93. The fourth-order valence-electron chi connectivity index (χ4n) is 2.87. The van der Waals surface area contributed by atoms with Gasteiger partial charge in [-0.25, -0.2) is 4.98 Å². The van der Waals surface area contributed by atoms with Gasteiger partial charge in [0.1, 0.15) is 11.6 Å². The van der Waals surface area contributed by atoms with Gasteiger partial charge in [0, 0.05) is 6.54 Å². The van der Waals surface area contributed by atoms with Crippen LogP contribution in [0.15, 0.2) is 24.3 Å². The zero-order chi connectivity index (χ0) is 18.9. The van der Waals surface area contributed by atoms with Crippen LogP contribution < -0.4 is 4.74 Å². The third-order valence-corrected chi connectivity index (χ3v) is 4.04. The van der Waals surface area contributed by atoms with Crippen molar-refractivity contribution in [3.8, 4) is 5.75 Å². The Bertz CT molecular complexity index is 796. The number of ether oxygens (including phenoxy) is 1. The van der Waals surface area contributed by atoms with Gasteiger partial charge < -0.3 is 9.64 Å². The lowest BCUT2D eigenvalue weighted by molar-refractivity contribution is -0.253. The first-order chi connectivity index (χ1) is 12.3. The molecule has 140 valence electrons. The summed E-state index contributed by atoms with van der Waals surface area (Å²) in [6, 6.07) is 4.68. The van der Waals surface area contributed by atoms with E-state index < -0.39 is 30.2 Å². The summed E-state index contributed by atoms with van der Waals surface area (Å²) in [5.41, 5.74) is -0.216. The second-order valence-corrected chi connectivity index (χ2v) is 5.90. The lowest BCUT2D eigenvalue weighted by Crippen LogP contribution is -2.35. The molecule has 0 unspecified atom stereocenters. The van der Waals surface area contributed by atoms with Crippen molar-refractivity contribution in [2.24, 2.45) is 0 Å². The number of nitrogens with one attached hydrogen (secondary N) is 1. The van der Waals surface area contributed by atoms with Crippen molar-refractivity contribution in [3.05, 3.63) is 41.5 Å². The third kappa shape index (κ3) is 3.49. The van der Waals surface area contributed by atoms with Crippen molar-refractivity contribution in [2.75, 3.05) is 6.54 Å². The lowest BCUT2D eigenvalue weighted by atomic mass is 10.1. The summed E-state index contributed by atoms with van der Waals surface area (Å²) in [6.45, 7) is 2.09. The number of H-pyrrole nitrogens is 1. The third-order valence-electron chi connectivity index (χ3n) is 4.04. The first-order valence-corrected chi connectivity index (χ1v) is 7.93. The molecule has 1 N–H and O–H groups in total. The molecule has 1 amide bonds. The number of rotatable bonds is 5. The molecule has 2 heterocycles. The zero-order valence-corrected chi connectivity index (χ0v) is 13.8. The fraction of sp³-hybridized carbons (Fsp3) is 0.438. The van der Waals surface area contributed by atoms with Gasteiger partial charge in [-0.15, -0.1) is 0 Å². The van der Waals surface area contributed by atoms with E-state index in [4.69, 9.17) is 0 Å². The Labute approximate surface area is 146 Å².